The minimum atomic E-state index is -0.783. The van der Waals surface area contributed by atoms with Crippen LogP contribution >= 0.6 is 0 Å². The van der Waals surface area contributed by atoms with Gasteiger partial charge in [-0.3, -0.25) is 14.5 Å². The van der Waals surface area contributed by atoms with Gasteiger partial charge >= 0.3 is 0 Å². The lowest BCUT2D eigenvalue weighted by atomic mass is 10.1. The lowest BCUT2D eigenvalue weighted by Gasteiger charge is -2.27. The van der Waals surface area contributed by atoms with Gasteiger partial charge in [0.05, 0.1) is 25.3 Å². The summed E-state index contributed by atoms with van der Waals surface area (Å²) in [5, 5.41) is 5.67. The predicted molar refractivity (Wildman–Crippen MR) is 93.7 cm³/mol. The van der Waals surface area contributed by atoms with Crippen molar-refractivity contribution in [3.05, 3.63) is 23.8 Å². The maximum Gasteiger partial charge on any atom is 0.266 e. The van der Waals surface area contributed by atoms with Crippen LogP contribution in [-0.2, 0) is 14.3 Å². The first-order valence-electron chi connectivity index (χ1n) is 8.77. The molecule has 0 bridgehead atoms. The van der Waals surface area contributed by atoms with E-state index in [1.165, 1.54) is 0 Å². The number of nitrogens with zero attached hydrogens (tertiary/aromatic N) is 1. The molecule has 1 saturated heterocycles. The van der Waals surface area contributed by atoms with Crippen molar-refractivity contribution in [1.82, 2.24) is 10.2 Å². The van der Waals surface area contributed by atoms with Crippen LogP contribution in [-0.4, -0.2) is 62.2 Å². The number of morpholine rings is 1. The fourth-order valence-corrected chi connectivity index (χ4v) is 2.99. The molecule has 136 valence electrons. The number of hydrogen-bond acceptors (Lipinski definition) is 5. The van der Waals surface area contributed by atoms with Crippen LogP contribution in [0.15, 0.2) is 18.2 Å². The van der Waals surface area contributed by atoms with Crippen molar-refractivity contribution >= 4 is 17.5 Å². The van der Waals surface area contributed by atoms with Gasteiger partial charge < -0.3 is 20.1 Å². The minimum Gasteiger partial charge on any atom is -0.478 e. The number of carbonyl (C=O) groups excluding carboxylic acids is 2. The van der Waals surface area contributed by atoms with E-state index in [0.717, 1.165) is 44.8 Å². The highest BCUT2D eigenvalue weighted by Crippen LogP contribution is 2.30. The summed E-state index contributed by atoms with van der Waals surface area (Å²) in [6, 6.07) is 5.59. The van der Waals surface area contributed by atoms with Crippen LogP contribution in [0.4, 0.5) is 5.69 Å². The highest BCUT2D eigenvalue weighted by atomic mass is 16.5. The maximum atomic E-state index is 12.1. The quantitative estimate of drug-likeness (QED) is 0.748. The SMILES string of the molecule is Cc1ccc2c(c1)NC(=O)[C@@H](CC(=O)NCCCN1CCOCC1)O2. The average molecular weight is 347 g/mol. The van der Waals surface area contributed by atoms with Crippen LogP contribution in [0, 0.1) is 6.92 Å². The van der Waals surface area contributed by atoms with Crippen molar-refractivity contribution in [3.63, 3.8) is 0 Å². The number of benzene rings is 1. The molecule has 0 spiro atoms. The van der Waals surface area contributed by atoms with Gasteiger partial charge in [0.2, 0.25) is 5.91 Å². The third-order valence-electron chi connectivity index (χ3n) is 4.40. The molecule has 1 aromatic carbocycles. The summed E-state index contributed by atoms with van der Waals surface area (Å²) in [6.45, 7) is 6.94. The second-order valence-corrected chi connectivity index (χ2v) is 6.46. The van der Waals surface area contributed by atoms with Crippen molar-refractivity contribution in [2.75, 3.05) is 44.7 Å². The number of rotatable bonds is 6. The summed E-state index contributed by atoms with van der Waals surface area (Å²) in [7, 11) is 0. The van der Waals surface area contributed by atoms with Gasteiger partial charge in [-0.15, -0.1) is 0 Å². The Morgan fingerprint density at radius 3 is 2.96 bits per heavy atom. The van der Waals surface area contributed by atoms with E-state index in [1.807, 2.05) is 25.1 Å². The van der Waals surface area contributed by atoms with Crippen molar-refractivity contribution in [1.29, 1.82) is 0 Å². The van der Waals surface area contributed by atoms with Crippen molar-refractivity contribution < 1.29 is 19.1 Å². The Hall–Kier alpha value is -2.12. The third-order valence-corrected chi connectivity index (χ3v) is 4.40. The fraction of sp³-hybridized carbons (Fsp3) is 0.556. The Labute approximate surface area is 147 Å². The standard InChI is InChI=1S/C18H25N3O4/c1-13-3-4-15-14(11-13)20-18(23)16(25-15)12-17(22)19-5-2-6-21-7-9-24-10-8-21/h3-4,11,16H,2,5-10,12H2,1H3,(H,19,22)(H,20,23)/t16-/m1/s1. The molecule has 1 aromatic rings. The number of carbonyl (C=O) groups is 2. The summed E-state index contributed by atoms with van der Waals surface area (Å²) in [5.41, 5.74) is 1.70. The summed E-state index contributed by atoms with van der Waals surface area (Å²) in [6.07, 6.45) is 0.122. The molecule has 7 nitrogen and oxygen atoms in total. The zero-order valence-electron chi connectivity index (χ0n) is 14.5. The topological polar surface area (TPSA) is 79.9 Å². The summed E-state index contributed by atoms with van der Waals surface area (Å²) in [4.78, 5) is 26.5. The molecule has 2 aliphatic rings. The van der Waals surface area contributed by atoms with E-state index in [0.29, 0.717) is 18.0 Å². The van der Waals surface area contributed by atoms with Gasteiger partial charge in [-0.2, -0.15) is 0 Å². The monoisotopic (exact) mass is 347 g/mol. The molecule has 0 radical (unpaired) electrons. The number of anilines is 1. The maximum absolute atomic E-state index is 12.1. The highest BCUT2D eigenvalue weighted by Gasteiger charge is 2.29. The van der Waals surface area contributed by atoms with Gasteiger partial charge in [-0.05, 0) is 37.6 Å². The van der Waals surface area contributed by atoms with Gasteiger partial charge in [-0.25, -0.2) is 0 Å². The molecular formula is C18H25N3O4. The number of amides is 2. The third kappa shape index (κ3) is 4.93. The fourth-order valence-electron chi connectivity index (χ4n) is 2.99. The van der Waals surface area contributed by atoms with Crippen LogP contribution in [0.2, 0.25) is 0 Å². The second-order valence-electron chi connectivity index (χ2n) is 6.46. The first-order valence-corrected chi connectivity index (χ1v) is 8.77. The molecule has 0 unspecified atom stereocenters. The lowest BCUT2D eigenvalue weighted by Crippen LogP contribution is -2.41. The normalized spacial score (nSPS) is 20.4. The molecule has 0 aliphatic carbocycles. The Kier molecular flexibility index (Phi) is 5.88. The molecule has 0 aromatic heterocycles. The van der Waals surface area contributed by atoms with Gasteiger partial charge in [0.25, 0.3) is 5.91 Å². The summed E-state index contributed by atoms with van der Waals surface area (Å²) >= 11 is 0. The molecular weight excluding hydrogens is 322 g/mol. The summed E-state index contributed by atoms with van der Waals surface area (Å²) in [5.74, 6) is 0.162. The van der Waals surface area contributed by atoms with E-state index >= 15 is 0 Å². The van der Waals surface area contributed by atoms with E-state index in [9.17, 15) is 9.59 Å². The van der Waals surface area contributed by atoms with Crippen LogP contribution in [0.5, 0.6) is 5.75 Å². The Bertz CT molecular complexity index is 629. The van der Waals surface area contributed by atoms with Crippen molar-refractivity contribution in [2.45, 2.75) is 25.9 Å². The van der Waals surface area contributed by atoms with Crippen LogP contribution in [0.25, 0.3) is 0 Å². The van der Waals surface area contributed by atoms with Crippen LogP contribution < -0.4 is 15.4 Å². The van der Waals surface area contributed by atoms with Gasteiger partial charge in [-0.1, -0.05) is 6.07 Å². The number of fused-ring (bicyclic) bond motifs is 1. The first-order chi connectivity index (χ1) is 12.1. The Morgan fingerprint density at radius 2 is 2.16 bits per heavy atom. The number of aryl methyl sites for hydroxylation is 1. The van der Waals surface area contributed by atoms with Gasteiger partial charge in [0.1, 0.15) is 5.75 Å². The molecule has 3 rings (SSSR count). The van der Waals surface area contributed by atoms with Crippen molar-refractivity contribution in [2.24, 2.45) is 0 Å². The molecule has 2 aliphatic heterocycles. The summed E-state index contributed by atoms with van der Waals surface area (Å²) < 4.78 is 11.0. The van der Waals surface area contributed by atoms with Crippen LogP contribution in [0.3, 0.4) is 0 Å². The van der Waals surface area contributed by atoms with E-state index in [-0.39, 0.29) is 18.2 Å². The largest absolute Gasteiger partial charge is 0.478 e. The molecule has 2 N–H and O–H groups in total. The molecule has 2 heterocycles. The zero-order chi connectivity index (χ0) is 17.6. The van der Waals surface area contributed by atoms with E-state index in [4.69, 9.17) is 9.47 Å². The number of hydrogen-bond donors (Lipinski definition) is 2. The predicted octanol–water partition coefficient (Wildman–Crippen LogP) is 0.923. The molecule has 1 fully saturated rings. The number of nitrogens with one attached hydrogen (secondary N) is 2. The van der Waals surface area contributed by atoms with Gasteiger partial charge in [0, 0.05) is 19.6 Å². The minimum absolute atomic E-state index is 0.0245. The van der Waals surface area contributed by atoms with Crippen molar-refractivity contribution in [3.8, 4) is 5.75 Å². The molecule has 1 atom stereocenters. The number of ether oxygens (including phenoxy) is 2. The Morgan fingerprint density at radius 1 is 1.36 bits per heavy atom. The Balaban J connectivity index is 1.40. The lowest BCUT2D eigenvalue weighted by molar-refractivity contribution is -0.130. The average Bonchev–Trinajstić information content (AvgIpc) is 2.60. The van der Waals surface area contributed by atoms with E-state index in [2.05, 4.69) is 15.5 Å². The first kappa shape index (κ1) is 17.7. The molecule has 25 heavy (non-hydrogen) atoms. The molecule has 7 heteroatoms. The smallest absolute Gasteiger partial charge is 0.266 e. The van der Waals surface area contributed by atoms with Crippen LogP contribution in [0.1, 0.15) is 18.4 Å². The van der Waals surface area contributed by atoms with E-state index in [1.54, 1.807) is 0 Å². The highest BCUT2D eigenvalue weighted by molar-refractivity contribution is 6.00. The van der Waals surface area contributed by atoms with E-state index < -0.39 is 6.10 Å². The second kappa shape index (κ2) is 8.31. The zero-order valence-corrected chi connectivity index (χ0v) is 14.5. The molecule has 0 saturated carbocycles. The molecule has 2 amide bonds. The van der Waals surface area contributed by atoms with Gasteiger partial charge in [0.15, 0.2) is 6.10 Å².